The molecule has 0 bridgehead atoms. The van der Waals surface area contributed by atoms with Gasteiger partial charge in [-0.15, -0.1) is 0 Å². The molecule has 0 radical (unpaired) electrons. The Morgan fingerprint density at radius 1 is 1.45 bits per heavy atom. The Kier molecular flexibility index (Phi) is 4.53. The third-order valence-electron chi connectivity index (χ3n) is 2.55. The fraction of sp³-hybridized carbons (Fsp3) is 0.364. The summed E-state index contributed by atoms with van der Waals surface area (Å²) in [6.07, 6.45) is -5.63. The fourth-order valence-corrected chi connectivity index (χ4v) is 1.66. The number of benzene rings is 1. The molecule has 1 aromatic rings. The van der Waals surface area contributed by atoms with E-state index in [0.29, 0.717) is 0 Å². The lowest BCUT2D eigenvalue weighted by Gasteiger charge is -2.21. The van der Waals surface area contributed by atoms with Gasteiger partial charge in [-0.1, -0.05) is 6.07 Å². The van der Waals surface area contributed by atoms with E-state index in [1.54, 1.807) is 0 Å². The van der Waals surface area contributed by atoms with Gasteiger partial charge in [0, 0.05) is 19.7 Å². The number of nitrogens with zero attached hydrogens (tertiary/aromatic N) is 2. The van der Waals surface area contributed by atoms with Crippen LogP contribution in [-0.4, -0.2) is 35.8 Å². The summed E-state index contributed by atoms with van der Waals surface area (Å²) in [5, 5.41) is 19.8. The number of carboxylic acid groups (broad SMARTS) is 1. The van der Waals surface area contributed by atoms with Gasteiger partial charge in [0.25, 0.3) is 5.69 Å². The molecule has 0 aliphatic carbocycles. The maximum atomic E-state index is 12.2. The number of carboxylic acids is 1. The number of para-hydroxylation sites is 1. The van der Waals surface area contributed by atoms with Crippen LogP contribution in [0.3, 0.4) is 0 Å². The van der Waals surface area contributed by atoms with Gasteiger partial charge in [0.05, 0.1) is 16.9 Å². The average Bonchev–Trinajstić information content (AvgIpc) is 2.33. The second-order valence-electron chi connectivity index (χ2n) is 4.02. The van der Waals surface area contributed by atoms with Crippen molar-refractivity contribution in [3.63, 3.8) is 0 Å². The highest BCUT2D eigenvalue weighted by atomic mass is 19.4. The first-order valence-corrected chi connectivity index (χ1v) is 5.42. The third kappa shape index (κ3) is 3.84. The summed E-state index contributed by atoms with van der Waals surface area (Å²) < 4.78 is 36.5. The van der Waals surface area contributed by atoms with Crippen LogP contribution in [0.5, 0.6) is 0 Å². The second-order valence-corrected chi connectivity index (χ2v) is 4.02. The minimum atomic E-state index is -4.43. The molecule has 0 saturated heterocycles. The van der Waals surface area contributed by atoms with Crippen LogP contribution in [0.4, 0.5) is 24.5 Å². The topological polar surface area (TPSA) is 83.7 Å². The van der Waals surface area contributed by atoms with Crippen LogP contribution < -0.4 is 4.90 Å². The van der Waals surface area contributed by atoms with Crippen molar-refractivity contribution in [2.45, 2.75) is 12.6 Å². The molecule has 0 amide bonds. The lowest BCUT2D eigenvalue weighted by molar-refractivity contribution is -0.384. The zero-order chi connectivity index (χ0) is 15.5. The largest absolute Gasteiger partial charge is 0.478 e. The van der Waals surface area contributed by atoms with Crippen molar-refractivity contribution in [2.75, 3.05) is 18.5 Å². The third-order valence-corrected chi connectivity index (χ3v) is 2.55. The zero-order valence-electron chi connectivity index (χ0n) is 10.3. The molecule has 0 aliphatic heterocycles. The highest BCUT2D eigenvalue weighted by molar-refractivity contribution is 5.97. The average molecular weight is 292 g/mol. The summed E-state index contributed by atoms with van der Waals surface area (Å²) >= 11 is 0. The number of nitro benzene ring substituents is 1. The van der Waals surface area contributed by atoms with E-state index < -0.39 is 41.3 Å². The normalized spacial score (nSPS) is 11.2. The summed E-state index contributed by atoms with van der Waals surface area (Å²) in [7, 11) is 1.18. The van der Waals surface area contributed by atoms with Crippen molar-refractivity contribution < 1.29 is 28.0 Å². The van der Waals surface area contributed by atoms with Gasteiger partial charge < -0.3 is 10.0 Å². The summed E-state index contributed by atoms with van der Waals surface area (Å²) in [4.78, 5) is 22.0. The number of rotatable bonds is 5. The number of alkyl halides is 3. The predicted octanol–water partition coefficient (Wildman–Crippen LogP) is 2.68. The van der Waals surface area contributed by atoms with E-state index in [1.807, 2.05) is 0 Å². The summed E-state index contributed by atoms with van der Waals surface area (Å²) in [5.74, 6) is -1.44. The molecule has 0 heterocycles. The summed E-state index contributed by atoms with van der Waals surface area (Å²) in [6, 6.07) is 3.32. The van der Waals surface area contributed by atoms with Crippen LogP contribution in [0.2, 0.25) is 0 Å². The van der Waals surface area contributed by atoms with Crippen molar-refractivity contribution in [2.24, 2.45) is 0 Å². The quantitative estimate of drug-likeness (QED) is 0.666. The van der Waals surface area contributed by atoms with E-state index >= 15 is 0 Å². The molecule has 110 valence electrons. The lowest BCUT2D eigenvalue weighted by atomic mass is 10.1. The number of halogens is 3. The van der Waals surface area contributed by atoms with Gasteiger partial charge in [0.2, 0.25) is 0 Å². The standard InChI is InChI=1S/C11H11F3N2O4/c1-15(6-5-11(12,13)14)9-7(10(17)18)3-2-4-8(9)16(19)20/h2-4H,5-6H2,1H3,(H,17,18). The highest BCUT2D eigenvalue weighted by Gasteiger charge is 2.30. The number of anilines is 1. The van der Waals surface area contributed by atoms with E-state index in [9.17, 15) is 28.1 Å². The Hall–Kier alpha value is -2.32. The monoisotopic (exact) mass is 292 g/mol. The van der Waals surface area contributed by atoms with Crippen LogP contribution in [0.1, 0.15) is 16.8 Å². The first kappa shape index (κ1) is 15.7. The smallest absolute Gasteiger partial charge is 0.390 e. The molecular weight excluding hydrogens is 281 g/mol. The van der Waals surface area contributed by atoms with E-state index in [-0.39, 0.29) is 5.69 Å². The molecule has 20 heavy (non-hydrogen) atoms. The van der Waals surface area contributed by atoms with Gasteiger partial charge in [-0.25, -0.2) is 4.79 Å². The molecule has 1 rings (SSSR count). The van der Waals surface area contributed by atoms with Crippen molar-refractivity contribution >= 4 is 17.3 Å². The van der Waals surface area contributed by atoms with E-state index in [2.05, 4.69) is 0 Å². The van der Waals surface area contributed by atoms with E-state index in [1.165, 1.54) is 13.1 Å². The van der Waals surface area contributed by atoms with Gasteiger partial charge in [-0.2, -0.15) is 13.2 Å². The SMILES string of the molecule is CN(CCC(F)(F)F)c1c(C(=O)O)cccc1[N+](=O)[O-]. The molecule has 6 nitrogen and oxygen atoms in total. The number of nitro groups is 1. The number of carbonyl (C=O) groups is 1. The molecule has 0 aliphatic rings. The fourth-order valence-electron chi connectivity index (χ4n) is 1.66. The van der Waals surface area contributed by atoms with Gasteiger partial charge in [0.1, 0.15) is 5.69 Å². The van der Waals surface area contributed by atoms with Crippen LogP contribution in [0, 0.1) is 10.1 Å². The Morgan fingerprint density at radius 2 is 2.05 bits per heavy atom. The maximum Gasteiger partial charge on any atom is 0.390 e. The second kappa shape index (κ2) is 5.76. The van der Waals surface area contributed by atoms with E-state index in [4.69, 9.17) is 5.11 Å². The molecule has 9 heteroatoms. The van der Waals surface area contributed by atoms with Crippen LogP contribution in [0.25, 0.3) is 0 Å². The van der Waals surface area contributed by atoms with Crippen molar-refractivity contribution in [3.8, 4) is 0 Å². The molecule has 0 spiro atoms. The number of hydrogen-bond acceptors (Lipinski definition) is 4. The molecular formula is C11H11F3N2O4. The van der Waals surface area contributed by atoms with Gasteiger partial charge in [-0.05, 0) is 6.07 Å². The Balaban J connectivity index is 3.19. The number of aromatic carboxylic acids is 1. The van der Waals surface area contributed by atoms with Crippen LogP contribution >= 0.6 is 0 Å². The highest BCUT2D eigenvalue weighted by Crippen LogP contribution is 2.32. The van der Waals surface area contributed by atoms with Gasteiger partial charge >= 0.3 is 12.1 Å². The van der Waals surface area contributed by atoms with Crippen LogP contribution in [-0.2, 0) is 0 Å². The molecule has 0 saturated carbocycles. The molecule has 0 atom stereocenters. The maximum absolute atomic E-state index is 12.2. The van der Waals surface area contributed by atoms with Gasteiger partial charge in [-0.3, -0.25) is 10.1 Å². The zero-order valence-corrected chi connectivity index (χ0v) is 10.3. The molecule has 1 N–H and O–H groups in total. The Bertz CT molecular complexity index is 499. The number of hydrogen-bond donors (Lipinski definition) is 1. The first-order valence-electron chi connectivity index (χ1n) is 5.42. The van der Waals surface area contributed by atoms with Crippen LogP contribution in [0.15, 0.2) is 18.2 Å². The van der Waals surface area contributed by atoms with E-state index in [0.717, 1.165) is 17.0 Å². The molecule has 1 aromatic carbocycles. The van der Waals surface area contributed by atoms with Crippen molar-refractivity contribution in [1.29, 1.82) is 0 Å². The predicted molar refractivity (Wildman–Crippen MR) is 64.0 cm³/mol. The summed E-state index contributed by atoms with van der Waals surface area (Å²) in [6.45, 7) is -0.575. The summed E-state index contributed by atoms with van der Waals surface area (Å²) in [5.41, 5.74) is -1.30. The minimum Gasteiger partial charge on any atom is -0.478 e. The molecule has 0 fully saturated rings. The minimum absolute atomic E-state index is 0.339. The molecule has 0 unspecified atom stereocenters. The lowest BCUT2D eigenvalue weighted by Crippen LogP contribution is -2.26. The first-order chi connectivity index (χ1) is 9.13. The Labute approximate surface area is 111 Å². The van der Waals surface area contributed by atoms with Crippen molar-refractivity contribution in [1.82, 2.24) is 0 Å². The Morgan fingerprint density at radius 3 is 2.50 bits per heavy atom. The molecule has 0 aromatic heterocycles. The van der Waals surface area contributed by atoms with Gasteiger partial charge in [0.15, 0.2) is 0 Å². The van der Waals surface area contributed by atoms with Crippen molar-refractivity contribution in [3.05, 3.63) is 33.9 Å².